The van der Waals surface area contributed by atoms with Crippen LogP contribution in [0.25, 0.3) is 10.2 Å². The minimum absolute atomic E-state index is 0.169. The molecule has 1 heterocycles. The van der Waals surface area contributed by atoms with Crippen molar-refractivity contribution in [3.05, 3.63) is 88.9 Å². The molecular formula is C26H23N3O4S2. The van der Waals surface area contributed by atoms with E-state index in [1.54, 1.807) is 48.5 Å². The van der Waals surface area contributed by atoms with E-state index < -0.39 is 16.1 Å². The van der Waals surface area contributed by atoms with Gasteiger partial charge in [0.15, 0.2) is 0 Å². The number of ether oxygens (including phenoxy) is 1. The second-order valence-corrected chi connectivity index (χ2v) is 10.6. The van der Waals surface area contributed by atoms with Gasteiger partial charge >= 0.3 is 0 Å². The Morgan fingerprint density at radius 2 is 1.91 bits per heavy atom. The first-order chi connectivity index (χ1) is 17.0. The standard InChI is InChI=1S/C26H23N3O4S2/c27-18-20-8-6-7-19(15-20)16-24(29-35(31,32)22-9-2-1-3-10-22)26-28-23-12-11-21(17-25(23)34-26)33-14-5-4-13-30/h1-3,6-13,15,17,24,29H,4-5,14,16H2. The Morgan fingerprint density at radius 3 is 2.69 bits per heavy atom. The largest absolute Gasteiger partial charge is 0.494 e. The molecule has 1 atom stereocenters. The van der Waals surface area contributed by atoms with E-state index in [9.17, 15) is 18.5 Å². The van der Waals surface area contributed by atoms with Crippen LogP contribution >= 0.6 is 11.3 Å². The van der Waals surface area contributed by atoms with Crippen molar-refractivity contribution in [1.82, 2.24) is 9.71 Å². The summed E-state index contributed by atoms with van der Waals surface area (Å²) in [6.07, 6.45) is 2.28. The van der Waals surface area contributed by atoms with E-state index >= 15 is 0 Å². The molecule has 0 aliphatic rings. The molecule has 3 aromatic carbocycles. The van der Waals surface area contributed by atoms with Gasteiger partial charge in [-0.05, 0) is 60.9 Å². The van der Waals surface area contributed by atoms with E-state index in [0.29, 0.717) is 42.2 Å². The van der Waals surface area contributed by atoms with Crippen LogP contribution in [0.3, 0.4) is 0 Å². The average molecular weight is 506 g/mol. The molecule has 0 bridgehead atoms. The lowest BCUT2D eigenvalue weighted by Gasteiger charge is -2.17. The van der Waals surface area contributed by atoms with Crippen molar-refractivity contribution in [2.24, 2.45) is 0 Å². The van der Waals surface area contributed by atoms with E-state index in [-0.39, 0.29) is 4.90 Å². The highest BCUT2D eigenvalue weighted by Crippen LogP contribution is 2.32. The molecule has 9 heteroatoms. The maximum Gasteiger partial charge on any atom is 0.241 e. The summed E-state index contributed by atoms with van der Waals surface area (Å²) in [6.45, 7) is 0.435. The number of rotatable bonds is 11. The Kier molecular flexibility index (Phi) is 7.87. The third-order valence-corrected chi connectivity index (χ3v) is 7.88. The summed E-state index contributed by atoms with van der Waals surface area (Å²) < 4.78 is 35.7. The topological polar surface area (TPSA) is 109 Å². The molecule has 1 unspecified atom stereocenters. The second kappa shape index (κ2) is 11.2. The van der Waals surface area contributed by atoms with Gasteiger partial charge in [-0.2, -0.15) is 5.26 Å². The van der Waals surface area contributed by atoms with Crippen molar-refractivity contribution >= 4 is 37.9 Å². The summed E-state index contributed by atoms with van der Waals surface area (Å²) >= 11 is 1.39. The predicted octanol–water partition coefficient (Wildman–Crippen LogP) is 4.79. The van der Waals surface area contributed by atoms with E-state index in [2.05, 4.69) is 10.8 Å². The molecule has 0 amide bonds. The minimum atomic E-state index is -3.81. The van der Waals surface area contributed by atoms with E-state index in [0.717, 1.165) is 22.1 Å². The highest BCUT2D eigenvalue weighted by atomic mass is 32.2. The van der Waals surface area contributed by atoms with Crippen LogP contribution in [-0.2, 0) is 21.2 Å². The fourth-order valence-electron chi connectivity index (χ4n) is 3.56. The number of unbranched alkanes of at least 4 members (excludes halogenated alkanes) is 1. The van der Waals surface area contributed by atoms with E-state index in [1.165, 1.54) is 11.3 Å². The molecule has 0 saturated carbocycles. The maximum atomic E-state index is 13.1. The molecule has 0 spiro atoms. The van der Waals surface area contributed by atoms with E-state index in [4.69, 9.17) is 9.72 Å². The van der Waals surface area contributed by atoms with Gasteiger partial charge in [0.2, 0.25) is 10.0 Å². The van der Waals surface area contributed by atoms with Crippen molar-refractivity contribution in [2.75, 3.05) is 6.61 Å². The molecule has 0 aliphatic carbocycles. The Balaban J connectivity index is 1.65. The van der Waals surface area contributed by atoms with Crippen molar-refractivity contribution in [1.29, 1.82) is 5.26 Å². The Morgan fingerprint density at radius 1 is 1.09 bits per heavy atom. The number of nitrogens with zero attached hydrogens (tertiary/aromatic N) is 2. The van der Waals surface area contributed by atoms with Gasteiger partial charge < -0.3 is 9.53 Å². The summed E-state index contributed by atoms with van der Waals surface area (Å²) in [7, 11) is -3.81. The molecule has 4 rings (SSSR count). The number of carbonyl (C=O) groups is 1. The Hall–Kier alpha value is -3.58. The van der Waals surface area contributed by atoms with Gasteiger partial charge in [-0.3, -0.25) is 0 Å². The van der Waals surface area contributed by atoms with Gasteiger partial charge in [-0.1, -0.05) is 30.3 Å². The van der Waals surface area contributed by atoms with Crippen LogP contribution in [-0.4, -0.2) is 26.3 Å². The van der Waals surface area contributed by atoms with E-state index in [1.807, 2.05) is 24.3 Å². The number of fused-ring (bicyclic) bond motifs is 1. The van der Waals surface area contributed by atoms with Crippen LogP contribution in [0, 0.1) is 11.3 Å². The SMILES string of the molecule is N#Cc1cccc(CC(NS(=O)(=O)c2ccccc2)c2nc3ccc(OCCCC=O)cc3s2)c1. The van der Waals surface area contributed by atoms with Gasteiger partial charge in [0.25, 0.3) is 0 Å². The van der Waals surface area contributed by atoms with Gasteiger partial charge in [-0.15, -0.1) is 11.3 Å². The Labute approximate surface area is 208 Å². The minimum Gasteiger partial charge on any atom is -0.494 e. The van der Waals surface area contributed by atoms with Crippen LogP contribution in [0.4, 0.5) is 0 Å². The number of sulfonamides is 1. The number of benzene rings is 3. The van der Waals surface area contributed by atoms with Crippen LogP contribution in [0.1, 0.15) is 35.0 Å². The number of thiazole rings is 1. The lowest BCUT2D eigenvalue weighted by atomic mass is 10.0. The molecular weight excluding hydrogens is 482 g/mol. The molecule has 178 valence electrons. The number of aldehydes is 1. The molecule has 0 radical (unpaired) electrons. The number of nitriles is 1. The number of aromatic nitrogens is 1. The quantitative estimate of drug-likeness (QED) is 0.232. The molecule has 1 aromatic heterocycles. The molecule has 0 fully saturated rings. The van der Waals surface area contributed by atoms with Gasteiger partial charge in [0, 0.05) is 6.42 Å². The molecule has 1 N–H and O–H groups in total. The van der Waals surface area contributed by atoms with Crippen molar-refractivity contribution < 1.29 is 17.9 Å². The van der Waals surface area contributed by atoms with Crippen LogP contribution in [0.15, 0.2) is 77.7 Å². The zero-order chi connectivity index (χ0) is 24.7. The smallest absolute Gasteiger partial charge is 0.241 e. The molecule has 4 aromatic rings. The second-order valence-electron chi connectivity index (χ2n) is 7.84. The molecule has 0 saturated heterocycles. The fourth-order valence-corrected chi connectivity index (χ4v) is 5.90. The zero-order valence-corrected chi connectivity index (χ0v) is 20.4. The highest BCUT2D eigenvalue weighted by Gasteiger charge is 2.25. The maximum absolute atomic E-state index is 13.1. The first-order valence-corrected chi connectivity index (χ1v) is 13.3. The first-order valence-electron chi connectivity index (χ1n) is 11.0. The summed E-state index contributed by atoms with van der Waals surface area (Å²) in [5.41, 5.74) is 2.07. The summed E-state index contributed by atoms with van der Waals surface area (Å²) in [5.74, 6) is 0.668. The van der Waals surface area contributed by atoms with Crippen molar-refractivity contribution in [2.45, 2.75) is 30.2 Å². The monoisotopic (exact) mass is 505 g/mol. The summed E-state index contributed by atoms with van der Waals surface area (Å²) in [6, 6.07) is 22.3. The molecule has 0 aliphatic heterocycles. The van der Waals surface area contributed by atoms with Crippen LogP contribution in [0.2, 0.25) is 0 Å². The summed E-state index contributed by atoms with van der Waals surface area (Å²) in [5, 5.41) is 9.87. The number of carbonyl (C=O) groups excluding carboxylic acids is 1. The predicted molar refractivity (Wildman–Crippen MR) is 135 cm³/mol. The normalized spacial score (nSPS) is 12.2. The van der Waals surface area contributed by atoms with Crippen LogP contribution < -0.4 is 9.46 Å². The lowest BCUT2D eigenvalue weighted by Crippen LogP contribution is -2.30. The fraction of sp³-hybridized carbons (Fsp3) is 0.192. The lowest BCUT2D eigenvalue weighted by molar-refractivity contribution is -0.108. The van der Waals surface area contributed by atoms with Crippen LogP contribution in [0.5, 0.6) is 5.75 Å². The zero-order valence-electron chi connectivity index (χ0n) is 18.8. The average Bonchev–Trinajstić information content (AvgIpc) is 3.30. The number of nitrogens with one attached hydrogen (secondary N) is 1. The van der Waals surface area contributed by atoms with Crippen molar-refractivity contribution in [3.63, 3.8) is 0 Å². The number of hydrogen-bond donors (Lipinski definition) is 1. The van der Waals surface area contributed by atoms with Gasteiger partial charge in [0.1, 0.15) is 17.0 Å². The summed E-state index contributed by atoms with van der Waals surface area (Å²) in [4.78, 5) is 15.4. The molecule has 35 heavy (non-hydrogen) atoms. The van der Waals surface area contributed by atoms with Gasteiger partial charge in [-0.25, -0.2) is 18.1 Å². The molecule has 7 nitrogen and oxygen atoms in total. The highest BCUT2D eigenvalue weighted by molar-refractivity contribution is 7.89. The third-order valence-electron chi connectivity index (χ3n) is 5.26. The third kappa shape index (κ3) is 6.31. The number of hydrogen-bond acceptors (Lipinski definition) is 7. The first kappa shape index (κ1) is 24.5. The van der Waals surface area contributed by atoms with Crippen molar-refractivity contribution in [3.8, 4) is 11.8 Å². The van der Waals surface area contributed by atoms with Gasteiger partial charge in [0.05, 0.1) is 39.4 Å². The Bertz CT molecular complexity index is 1460.